The fraction of sp³-hybridized carbons (Fsp3) is 0.344. The van der Waals surface area contributed by atoms with E-state index in [4.69, 9.17) is 9.39 Å². The van der Waals surface area contributed by atoms with E-state index in [1.807, 2.05) is 54.8 Å². The van der Waals surface area contributed by atoms with Gasteiger partial charge >= 0.3 is 7.12 Å². The van der Waals surface area contributed by atoms with Gasteiger partial charge in [-0.05, 0) is 120 Å². The van der Waals surface area contributed by atoms with Gasteiger partial charge in [0, 0.05) is 11.1 Å². The van der Waals surface area contributed by atoms with Gasteiger partial charge < -0.3 is 19.5 Å². The number of aromatic nitrogens is 1. The number of rotatable bonds is 8. The van der Waals surface area contributed by atoms with Gasteiger partial charge in [-0.2, -0.15) is 0 Å². The van der Waals surface area contributed by atoms with Crippen LogP contribution in [0.15, 0.2) is 65.2 Å². The summed E-state index contributed by atoms with van der Waals surface area (Å²) in [6.45, 7) is 2.33. The number of likely N-dealkylation sites (tertiary alicyclic amines) is 1. The predicted molar refractivity (Wildman–Crippen MR) is 174 cm³/mol. The van der Waals surface area contributed by atoms with Crippen molar-refractivity contribution in [3.8, 4) is 11.5 Å². The molecule has 4 heterocycles. The molecule has 2 aromatic heterocycles. The highest BCUT2D eigenvalue weighted by Crippen LogP contribution is 2.51. The zero-order valence-corrected chi connectivity index (χ0v) is 26.9. The Hall–Kier alpha value is -3.00. The second-order valence-corrected chi connectivity index (χ2v) is 13.5. The van der Waals surface area contributed by atoms with Crippen LogP contribution in [0.3, 0.4) is 0 Å². The van der Waals surface area contributed by atoms with Gasteiger partial charge in [0.25, 0.3) is 0 Å². The lowest BCUT2D eigenvalue weighted by molar-refractivity contribution is -0.140. The van der Waals surface area contributed by atoms with E-state index in [0.717, 1.165) is 32.9 Å². The van der Waals surface area contributed by atoms with Gasteiger partial charge in [-0.1, -0.05) is 17.7 Å². The predicted octanol–water partition coefficient (Wildman–Crippen LogP) is 5.80. The third-order valence-electron chi connectivity index (χ3n) is 8.72. The molecule has 2 fully saturated rings. The molecule has 3 aromatic rings. The molecule has 4 atom stereocenters. The molecule has 8 nitrogen and oxygen atoms in total. The Morgan fingerprint density at radius 2 is 2.07 bits per heavy atom. The molecule has 0 bridgehead atoms. The van der Waals surface area contributed by atoms with Gasteiger partial charge in [-0.15, -0.1) is 11.3 Å². The third-order valence-corrected chi connectivity index (χ3v) is 10.4. The van der Waals surface area contributed by atoms with Crippen LogP contribution in [0.5, 0.6) is 11.5 Å². The quantitative estimate of drug-likeness (QED) is 0.132. The fourth-order valence-electron chi connectivity index (χ4n) is 6.85. The largest absolute Gasteiger partial charge is 0.504 e. The zero-order valence-electron chi connectivity index (χ0n) is 23.9. The van der Waals surface area contributed by atoms with E-state index in [9.17, 15) is 19.7 Å². The summed E-state index contributed by atoms with van der Waals surface area (Å²) >= 11 is 3.62. The van der Waals surface area contributed by atoms with Crippen LogP contribution in [0, 0.1) is 21.3 Å². The molecule has 2 saturated heterocycles. The van der Waals surface area contributed by atoms with Crippen molar-refractivity contribution < 1.29 is 29.1 Å². The number of nitrogens with zero attached hydrogens (tertiary/aromatic N) is 2. The van der Waals surface area contributed by atoms with E-state index < -0.39 is 25.1 Å². The summed E-state index contributed by atoms with van der Waals surface area (Å²) in [5, 5.41) is 23.1. The molecule has 0 spiro atoms. The van der Waals surface area contributed by atoms with Gasteiger partial charge in [0.05, 0.1) is 40.9 Å². The van der Waals surface area contributed by atoms with Crippen LogP contribution in [0.1, 0.15) is 42.3 Å². The average molecular weight is 710 g/mol. The first-order valence-corrected chi connectivity index (χ1v) is 16.3. The van der Waals surface area contributed by atoms with Gasteiger partial charge in [0.1, 0.15) is 0 Å². The first kappa shape index (κ1) is 30.0. The van der Waals surface area contributed by atoms with Crippen LogP contribution in [0.2, 0.25) is 6.32 Å². The average Bonchev–Trinajstić information content (AvgIpc) is 3.59. The van der Waals surface area contributed by atoms with Crippen LogP contribution >= 0.6 is 33.9 Å². The molecule has 3 aliphatic rings. The maximum absolute atomic E-state index is 13.7. The van der Waals surface area contributed by atoms with E-state index in [2.05, 4.69) is 27.6 Å². The number of carbonyl (C=O) groups excluding carboxylic acids is 2. The van der Waals surface area contributed by atoms with Gasteiger partial charge in [0.2, 0.25) is 11.8 Å². The van der Waals surface area contributed by atoms with Gasteiger partial charge in [-0.3, -0.25) is 19.5 Å². The summed E-state index contributed by atoms with van der Waals surface area (Å²) in [5.41, 5.74) is 4.76. The smallest absolute Gasteiger partial charge is 0.455 e. The van der Waals surface area contributed by atoms with Crippen LogP contribution in [0.25, 0.3) is 11.6 Å². The summed E-state index contributed by atoms with van der Waals surface area (Å²) in [7, 11) is 0.500. The molecule has 1 aromatic carbocycles. The SMILES string of the molecule is COc1cc(/C=C(/CC[C@H]2OB(O)C[C@H]3C2=C(C)C[C@H]2C(=O)N(Cc4cccs4)C(=O)[C@H]23)c2ccccn2)cc(I)c1O. The van der Waals surface area contributed by atoms with Crippen molar-refractivity contribution in [2.24, 2.45) is 17.8 Å². The standard InChI is InChI=1S/C32H32BIN2O6S/c1-18-12-22-29(32(39)36(31(22)38)17-21-6-5-11-43-21)23-16-33(40)42-26(28(18)23)9-8-20(25-7-3-4-10-35-25)13-19-14-24(34)30(37)27(15-19)41-2/h3-7,10-11,13-15,22-23,26,29,37,40H,8-9,12,16-17H2,1-2H3/b20-13-/t22-,23+,26-,29-/m1/s1. The Kier molecular flexibility index (Phi) is 8.77. The topological polar surface area (TPSA) is 109 Å². The van der Waals surface area contributed by atoms with Crippen LogP contribution in [-0.4, -0.2) is 52.2 Å². The minimum Gasteiger partial charge on any atom is -0.504 e. The number of carbonyl (C=O) groups is 2. The van der Waals surface area contributed by atoms with E-state index in [1.165, 1.54) is 23.3 Å². The van der Waals surface area contributed by atoms with Crippen molar-refractivity contribution in [2.75, 3.05) is 7.11 Å². The highest BCUT2D eigenvalue weighted by molar-refractivity contribution is 14.1. The number of fused-ring (bicyclic) bond motifs is 3. The molecule has 0 radical (unpaired) electrons. The van der Waals surface area contributed by atoms with Crippen molar-refractivity contribution in [3.63, 3.8) is 0 Å². The summed E-state index contributed by atoms with van der Waals surface area (Å²) in [4.78, 5) is 34.2. The number of thiophene rings is 1. The zero-order chi connectivity index (χ0) is 30.2. The second-order valence-electron chi connectivity index (χ2n) is 11.3. The van der Waals surface area contributed by atoms with Crippen LogP contribution < -0.4 is 4.74 Å². The Bertz CT molecular complexity index is 1590. The number of aromatic hydroxyl groups is 1. The van der Waals surface area contributed by atoms with Crippen LogP contribution in [0.4, 0.5) is 0 Å². The molecule has 2 N–H and O–H groups in total. The molecule has 2 amide bonds. The van der Waals surface area contributed by atoms with Crippen molar-refractivity contribution >= 4 is 64.5 Å². The Morgan fingerprint density at radius 1 is 1.23 bits per heavy atom. The molecule has 2 aliphatic heterocycles. The molecule has 1 aliphatic carbocycles. The Labute approximate surface area is 268 Å². The molecule has 0 saturated carbocycles. The first-order valence-electron chi connectivity index (χ1n) is 14.3. The van der Waals surface area contributed by atoms with Crippen molar-refractivity contribution in [3.05, 3.63) is 84.9 Å². The lowest BCUT2D eigenvalue weighted by Crippen LogP contribution is -2.46. The number of ether oxygens (including phenoxy) is 1. The number of hydrogen-bond acceptors (Lipinski definition) is 8. The summed E-state index contributed by atoms with van der Waals surface area (Å²) < 4.78 is 12.2. The van der Waals surface area contributed by atoms with Crippen molar-refractivity contribution in [2.45, 2.75) is 45.2 Å². The molecule has 43 heavy (non-hydrogen) atoms. The van der Waals surface area contributed by atoms with Crippen LogP contribution in [-0.2, 0) is 20.8 Å². The summed E-state index contributed by atoms with van der Waals surface area (Å²) in [6, 6.07) is 13.3. The highest BCUT2D eigenvalue weighted by atomic mass is 127. The maximum atomic E-state index is 13.7. The summed E-state index contributed by atoms with van der Waals surface area (Å²) in [5.74, 6) is -0.895. The number of phenolic OH excluding ortho intramolecular Hbond substituents is 1. The number of phenols is 1. The molecule has 6 rings (SSSR count). The highest BCUT2D eigenvalue weighted by Gasteiger charge is 2.56. The minimum atomic E-state index is -1.02. The first-order chi connectivity index (χ1) is 20.7. The third kappa shape index (κ3) is 5.92. The number of pyridine rings is 1. The monoisotopic (exact) mass is 710 g/mol. The fourth-order valence-corrected chi connectivity index (χ4v) is 8.16. The number of methoxy groups -OCH3 is 1. The number of hydrogen-bond donors (Lipinski definition) is 2. The molecule has 11 heteroatoms. The lowest BCUT2D eigenvalue weighted by atomic mass is 9.58. The molecule has 222 valence electrons. The van der Waals surface area contributed by atoms with Crippen molar-refractivity contribution in [1.82, 2.24) is 9.88 Å². The Morgan fingerprint density at radius 3 is 2.79 bits per heavy atom. The number of allylic oxidation sites excluding steroid dienone is 2. The molecular weight excluding hydrogens is 678 g/mol. The number of benzene rings is 1. The van der Waals surface area contributed by atoms with Gasteiger partial charge in [0.15, 0.2) is 11.5 Å². The number of halogens is 1. The molecular formula is C32H32BIN2O6S. The second kappa shape index (κ2) is 12.5. The lowest BCUT2D eigenvalue weighted by Gasteiger charge is -2.42. The molecule has 0 unspecified atom stereocenters. The van der Waals surface area contributed by atoms with E-state index in [1.54, 1.807) is 12.3 Å². The van der Waals surface area contributed by atoms with Crippen molar-refractivity contribution in [1.29, 1.82) is 0 Å². The minimum absolute atomic E-state index is 0.0992. The van der Waals surface area contributed by atoms with E-state index >= 15 is 0 Å². The summed E-state index contributed by atoms with van der Waals surface area (Å²) in [6.07, 6.45) is 5.35. The number of imide groups is 1. The van der Waals surface area contributed by atoms with Gasteiger partial charge in [-0.25, -0.2) is 0 Å². The maximum Gasteiger partial charge on any atom is 0.455 e. The van der Waals surface area contributed by atoms with E-state index in [0.29, 0.717) is 41.4 Å². The Balaban J connectivity index is 1.28. The number of amides is 2. The normalized spacial score (nSPS) is 24.0. The van der Waals surface area contributed by atoms with E-state index in [-0.39, 0.29) is 23.5 Å².